The van der Waals surface area contributed by atoms with Gasteiger partial charge in [0.15, 0.2) is 0 Å². The van der Waals surface area contributed by atoms with Crippen LogP contribution in [0.4, 0.5) is 0 Å². The van der Waals surface area contributed by atoms with Crippen molar-refractivity contribution in [2.24, 2.45) is 0 Å². The molecule has 0 aromatic heterocycles. The number of carbonyl (C=O) groups is 1. The minimum absolute atomic E-state index is 0.0193. The summed E-state index contributed by atoms with van der Waals surface area (Å²) in [4.78, 5) is 10.8. The van der Waals surface area contributed by atoms with Crippen LogP contribution in [0.1, 0.15) is 50.8 Å². The minimum atomic E-state index is -0.777. The van der Waals surface area contributed by atoms with E-state index in [1.54, 1.807) is 0 Å². The van der Waals surface area contributed by atoms with Crippen molar-refractivity contribution >= 4 is 5.97 Å². The molecule has 0 aliphatic carbocycles. The lowest BCUT2D eigenvalue weighted by Gasteiger charge is -2.25. The van der Waals surface area contributed by atoms with Crippen LogP contribution in [0.25, 0.3) is 0 Å². The molecule has 0 atom stereocenters. The first-order valence-electron chi connectivity index (χ1n) is 6.74. The van der Waals surface area contributed by atoms with E-state index in [1.165, 1.54) is 0 Å². The summed E-state index contributed by atoms with van der Waals surface area (Å²) in [5, 5.41) is 8.85. The van der Waals surface area contributed by atoms with E-state index in [-0.39, 0.29) is 11.8 Å². The van der Waals surface area contributed by atoms with Gasteiger partial charge in [0.2, 0.25) is 0 Å². The Morgan fingerprint density at radius 1 is 1.32 bits per heavy atom. The summed E-state index contributed by atoms with van der Waals surface area (Å²) in [6.07, 6.45) is 0.641. The molecule has 106 valence electrons. The third-order valence-corrected chi connectivity index (χ3v) is 3.02. The van der Waals surface area contributed by atoms with Gasteiger partial charge in [0, 0.05) is 12.0 Å². The third kappa shape index (κ3) is 4.27. The average molecular weight is 264 g/mol. The van der Waals surface area contributed by atoms with Crippen LogP contribution in [0.5, 0.6) is 5.75 Å². The van der Waals surface area contributed by atoms with Crippen molar-refractivity contribution in [3.8, 4) is 5.75 Å². The Hall–Kier alpha value is -1.51. The highest BCUT2D eigenvalue weighted by Crippen LogP contribution is 2.36. The standard InChI is InChI=1S/C16H24O3/c1-6-19-15-12(7-8-14(17)18)9-11(2)10-13(15)16(3,4)5/h9-10H,6-8H2,1-5H3,(H,17,18). The zero-order chi connectivity index (χ0) is 14.6. The van der Waals surface area contributed by atoms with Gasteiger partial charge in [-0.1, -0.05) is 38.5 Å². The Morgan fingerprint density at radius 2 is 1.95 bits per heavy atom. The molecule has 19 heavy (non-hydrogen) atoms. The second-order valence-corrected chi connectivity index (χ2v) is 5.88. The van der Waals surface area contributed by atoms with E-state index in [9.17, 15) is 4.79 Å². The average Bonchev–Trinajstić information content (AvgIpc) is 2.27. The van der Waals surface area contributed by atoms with Crippen molar-refractivity contribution in [1.82, 2.24) is 0 Å². The van der Waals surface area contributed by atoms with Crippen LogP contribution >= 0.6 is 0 Å². The molecule has 1 N–H and O–H groups in total. The smallest absolute Gasteiger partial charge is 0.303 e. The van der Waals surface area contributed by atoms with Crippen molar-refractivity contribution in [3.63, 3.8) is 0 Å². The maximum absolute atomic E-state index is 10.8. The molecule has 0 spiro atoms. The molecule has 0 bridgehead atoms. The van der Waals surface area contributed by atoms with E-state index in [1.807, 2.05) is 19.9 Å². The van der Waals surface area contributed by atoms with E-state index in [0.29, 0.717) is 13.0 Å². The van der Waals surface area contributed by atoms with Gasteiger partial charge in [-0.15, -0.1) is 0 Å². The number of benzene rings is 1. The summed E-state index contributed by atoms with van der Waals surface area (Å²) in [7, 11) is 0. The Balaban J connectivity index is 3.27. The first-order valence-corrected chi connectivity index (χ1v) is 6.74. The van der Waals surface area contributed by atoms with Gasteiger partial charge in [0.1, 0.15) is 5.75 Å². The SMILES string of the molecule is CCOc1c(CCC(=O)O)cc(C)cc1C(C)(C)C. The quantitative estimate of drug-likeness (QED) is 0.882. The number of ether oxygens (including phenoxy) is 1. The summed E-state index contributed by atoms with van der Waals surface area (Å²) >= 11 is 0. The number of hydrogen-bond acceptors (Lipinski definition) is 2. The Labute approximate surface area is 115 Å². The summed E-state index contributed by atoms with van der Waals surface area (Å²) in [5.41, 5.74) is 3.27. The molecule has 0 amide bonds. The fraction of sp³-hybridized carbons (Fsp3) is 0.562. The van der Waals surface area contributed by atoms with Gasteiger partial charge in [0.05, 0.1) is 6.61 Å². The van der Waals surface area contributed by atoms with Crippen molar-refractivity contribution in [2.75, 3.05) is 6.61 Å². The van der Waals surface area contributed by atoms with Crippen LogP contribution in [0.2, 0.25) is 0 Å². The minimum Gasteiger partial charge on any atom is -0.493 e. The van der Waals surface area contributed by atoms with Gasteiger partial charge in [-0.3, -0.25) is 4.79 Å². The lowest BCUT2D eigenvalue weighted by molar-refractivity contribution is -0.136. The van der Waals surface area contributed by atoms with Crippen molar-refractivity contribution in [1.29, 1.82) is 0 Å². The van der Waals surface area contributed by atoms with Gasteiger partial charge < -0.3 is 9.84 Å². The van der Waals surface area contributed by atoms with E-state index in [2.05, 4.69) is 26.8 Å². The van der Waals surface area contributed by atoms with Crippen molar-refractivity contribution < 1.29 is 14.6 Å². The molecule has 0 saturated carbocycles. The lowest BCUT2D eigenvalue weighted by atomic mass is 9.83. The first-order chi connectivity index (χ1) is 8.75. The normalized spacial score (nSPS) is 11.4. The fourth-order valence-electron chi connectivity index (χ4n) is 2.15. The van der Waals surface area contributed by atoms with Gasteiger partial charge in [-0.25, -0.2) is 0 Å². The number of hydrogen-bond donors (Lipinski definition) is 1. The summed E-state index contributed by atoms with van der Waals surface area (Å²) < 4.78 is 5.79. The molecule has 1 aromatic rings. The molecule has 0 aliphatic heterocycles. The highest BCUT2D eigenvalue weighted by molar-refractivity contribution is 5.67. The van der Waals surface area contributed by atoms with Gasteiger partial charge in [-0.05, 0) is 31.2 Å². The number of aliphatic carboxylic acids is 1. The molecule has 0 radical (unpaired) electrons. The molecule has 0 aliphatic rings. The van der Waals surface area contributed by atoms with Gasteiger partial charge in [-0.2, -0.15) is 0 Å². The Bertz CT molecular complexity index is 456. The van der Waals surface area contributed by atoms with Gasteiger partial charge >= 0.3 is 5.97 Å². The predicted molar refractivity (Wildman–Crippen MR) is 77.0 cm³/mol. The zero-order valence-electron chi connectivity index (χ0n) is 12.5. The van der Waals surface area contributed by atoms with Crippen LogP contribution in [0.15, 0.2) is 12.1 Å². The molecule has 1 aromatic carbocycles. The topological polar surface area (TPSA) is 46.5 Å². The summed E-state index contributed by atoms with van der Waals surface area (Å²) in [6.45, 7) is 11.0. The van der Waals surface area contributed by atoms with E-state index in [0.717, 1.165) is 22.4 Å². The molecule has 0 fully saturated rings. The number of carboxylic acids is 1. The van der Waals surface area contributed by atoms with Crippen molar-refractivity contribution in [2.45, 2.75) is 52.9 Å². The van der Waals surface area contributed by atoms with Gasteiger partial charge in [0.25, 0.3) is 0 Å². The second kappa shape index (κ2) is 6.09. The molecule has 0 heterocycles. The largest absolute Gasteiger partial charge is 0.493 e. The highest BCUT2D eigenvalue weighted by atomic mass is 16.5. The van der Waals surface area contributed by atoms with Crippen LogP contribution in [-0.4, -0.2) is 17.7 Å². The maximum atomic E-state index is 10.8. The molecule has 3 heteroatoms. The Morgan fingerprint density at radius 3 is 2.42 bits per heavy atom. The first kappa shape index (κ1) is 15.5. The number of carboxylic acid groups (broad SMARTS) is 1. The van der Waals surface area contributed by atoms with Crippen molar-refractivity contribution in [3.05, 3.63) is 28.8 Å². The molecular weight excluding hydrogens is 240 g/mol. The third-order valence-electron chi connectivity index (χ3n) is 3.02. The monoisotopic (exact) mass is 264 g/mol. The maximum Gasteiger partial charge on any atom is 0.303 e. The fourth-order valence-corrected chi connectivity index (χ4v) is 2.15. The summed E-state index contributed by atoms with van der Waals surface area (Å²) in [6, 6.07) is 4.17. The molecule has 0 unspecified atom stereocenters. The van der Waals surface area contributed by atoms with E-state index >= 15 is 0 Å². The number of rotatable bonds is 5. The summed E-state index contributed by atoms with van der Waals surface area (Å²) in [5.74, 6) is 0.0862. The molecule has 0 saturated heterocycles. The molecule has 1 rings (SSSR count). The second-order valence-electron chi connectivity index (χ2n) is 5.88. The van der Waals surface area contributed by atoms with Crippen LogP contribution < -0.4 is 4.74 Å². The lowest BCUT2D eigenvalue weighted by Crippen LogP contribution is -2.15. The predicted octanol–water partition coefficient (Wildman–Crippen LogP) is 3.71. The van der Waals surface area contributed by atoms with Crippen LogP contribution in [-0.2, 0) is 16.6 Å². The Kier molecular flexibility index (Phi) is 4.98. The molecular formula is C16H24O3. The molecule has 3 nitrogen and oxygen atoms in total. The van der Waals surface area contributed by atoms with Crippen LogP contribution in [0, 0.1) is 6.92 Å². The van der Waals surface area contributed by atoms with E-state index in [4.69, 9.17) is 9.84 Å². The van der Waals surface area contributed by atoms with Crippen LogP contribution in [0.3, 0.4) is 0 Å². The highest BCUT2D eigenvalue weighted by Gasteiger charge is 2.22. The number of aryl methyl sites for hydroxylation is 2. The zero-order valence-corrected chi connectivity index (χ0v) is 12.5. The van der Waals surface area contributed by atoms with E-state index < -0.39 is 5.97 Å².